The molecule has 2 heteroatoms. The minimum Gasteiger partial charge on any atom is -0.684 e. The van der Waals surface area contributed by atoms with Crippen molar-refractivity contribution in [2.45, 2.75) is 13.3 Å². The fourth-order valence-corrected chi connectivity index (χ4v) is 1.33. The van der Waals surface area contributed by atoms with Crippen molar-refractivity contribution < 1.29 is 58.2 Å². The second-order valence-corrected chi connectivity index (χ2v) is 2.76. The normalized spacial score (nSPS) is 13.2. The van der Waals surface area contributed by atoms with E-state index in [4.69, 9.17) is 0 Å². The van der Waals surface area contributed by atoms with E-state index in [1.54, 1.807) is 0 Å². The molecule has 1 nitrogen and oxygen atoms in total. The Balaban J connectivity index is 0.000000605. The number of rotatable bonds is 0. The maximum atomic E-state index is 4.36. The average Bonchev–Trinajstić information content (AvgIpc) is 2.33. The van der Waals surface area contributed by atoms with Gasteiger partial charge in [0.05, 0.1) is 0 Å². The summed E-state index contributed by atoms with van der Waals surface area (Å²) in [6, 6.07) is 6.49. The van der Waals surface area contributed by atoms with Gasteiger partial charge < -0.3 is 5.32 Å². The summed E-state index contributed by atoms with van der Waals surface area (Å²) in [5, 5.41) is 4.36. The zero-order valence-corrected chi connectivity index (χ0v) is 12.0. The molecule has 0 N–H and O–H groups in total. The van der Waals surface area contributed by atoms with Gasteiger partial charge in [-0.2, -0.15) is 0 Å². The van der Waals surface area contributed by atoms with Crippen LogP contribution in [0.3, 0.4) is 0 Å². The predicted molar refractivity (Wildman–Crippen MR) is 42.8 cm³/mol. The van der Waals surface area contributed by atoms with Gasteiger partial charge in [-0.25, -0.2) is 0 Å². The number of nitrogens with zero attached hydrogens (tertiary/aromatic N) is 1. The maximum Gasteiger partial charge on any atom is 1.00 e. The molecule has 1 aromatic carbocycles. The van der Waals surface area contributed by atoms with Gasteiger partial charge in [-0.1, -0.05) is 29.3 Å². The number of aryl methyl sites for hydroxylation is 1. The van der Waals surface area contributed by atoms with Crippen LogP contribution in [-0.4, -0.2) is 6.54 Å². The Labute approximate surface area is 116 Å². The summed E-state index contributed by atoms with van der Waals surface area (Å²) in [5.74, 6) is 0. The van der Waals surface area contributed by atoms with Crippen molar-refractivity contribution in [2.24, 2.45) is 0 Å². The van der Waals surface area contributed by atoms with Gasteiger partial charge in [0.2, 0.25) is 0 Å². The zero-order chi connectivity index (χ0) is 6.97. The minimum absolute atomic E-state index is 0. The van der Waals surface area contributed by atoms with E-state index in [0.717, 1.165) is 13.0 Å². The van der Waals surface area contributed by atoms with Gasteiger partial charge in [-0.15, -0.1) is 12.2 Å². The van der Waals surface area contributed by atoms with Crippen molar-refractivity contribution in [3.63, 3.8) is 0 Å². The molecule has 0 atom stereocenters. The van der Waals surface area contributed by atoms with Gasteiger partial charge in [0.25, 0.3) is 0 Å². The summed E-state index contributed by atoms with van der Waals surface area (Å²) in [6.45, 7) is 3.09. The molecule has 0 aliphatic carbocycles. The van der Waals surface area contributed by atoms with Crippen molar-refractivity contribution in [1.82, 2.24) is 0 Å². The van der Waals surface area contributed by atoms with Crippen molar-refractivity contribution in [2.75, 3.05) is 6.54 Å². The van der Waals surface area contributed by atoms with E-state index < -0.39 is 0 Å². The van der Waals surface area contributed by atoms with Crippen LogP contribution >= 0.6 is 0 Å². The van der Waals surface area contributed by atoms with Crippen LogP contribution in [0.2, 0.25) is 0 Å². The summed E-state index contributed by atoms with van der Waals surface area (Å²) in [4.78, 5) is 0. The second-order valence-electron chi connectivity index (χ2n) is 2.76. The van der Waals surface area contributed by atoms with Gasteiger partial charge in [0.15, 0.2) is 0 Å². The molecule has 0 amide bonds. The molecule has 0 saturated heterocycles. The summed E-state index contributed by atoms with van der Waals surface area (Å²) in [5.41, 5.74) is 3.93. The monoisotopic (exact) mass is 217 g/mol. The van der Waals surface area contributed by atoms with Crippen molar-refractivity contribution in [3.8, 4) is 0 Å². The fraction of sp³-hybridized carbons (Fsp3) is 0.333. The van der Waals surface area contributed by atoms with Crippen LogP contribution in [0.4, 0.5) is 5.69 Å². The third-order valence-corrected chi connectivity index (χ3v) is 1.90. The Kier molecular flexibility index (Phi) is 3.76. The Morgan fingerprint density at radius 2 is 2.18 bits per heavy atom. The molecular formula is C9H10NRb. The van der Waals surface area contributed by atoms with E-state index in [2.05, 4.69) is 30.4 Å². The Morgan fingerprint density at radius 1 is 1.36 bits per heavy atom. The fourth-order valence-electron chi connectivity index (χ4n) is 1.33. The third kappa shape index (κ3) is 2.15. The van der Waals surface area contributed by atoms with Crippen LogP contribution in [0, 0.1) is 6.92 Å². The molecule has 0 radical (unpaired) electrons. The average molecular weight is 218 g/mol. The first-order valence-corrected chi connectivity index (χ1v) is 3.63. The van der Waals surface area contributed by atoms with E-state index in [9.17, 15) is 0 Å². The molecule has 0 unspecified atom stereocenters. The number of hydrogen-bond acceptors (Lipinski definition) is 0. The van der Waals surface area contributed by atoms with Crippen LogP contribution < -0.4 is 58.2 Å². The van der Waals surface area contributed by atoms with Gasteiger partial charge >= 0.3 is 58.2 Å². The summed E-state index contributed by atoms with van der Waals surface area (Å²) in [7, 11) is 0. The number of benzene rings is 1. The topological polar surface area (TPSA) is 14.1 Å². The summed E-state index contributed by atoms with van der Waals surface area (Å²) in [6.07, 6.45) is 1.13. The molecule has 52 valence electrons. The van der Waals surface area contributed by atoms with Crippen LogP contribution in [0.1, 0.15) is 11.1 Å². The van der Waals surface area contributed by atoms with Crippen LogP contribution in [0.25, 0.3) is 5.32 Å². The smallest absolute Gasteiger partial charge is 0.684 e. The Hall–Kier alpha value is 0.825. The first kappa shape index (κ1) is 9.91. The first-order chi connectivity index (χ1) is 4.86. The van der Waals surface area contributed by atoms with Gasteiger partial charge in [0.1, 0.15) is 0 Å². The molecule has 1 aromatic rings. The zero-order valence-electron chi connectivity index (χ0n) is 7.09. The molecule has 0 spiro atoms. The van der Waals surface area contributed by atoms with Crippen molar-refractivity contribution in [1.29, 1.82) is 0 Å². The molecule has 1 aliphatic heterocycles. The second kappa shape index (κ2) is 4.17. The van der Waals surface area contributed by atoms with Gasteiger partial charge in [-0.3, -0.25) is 0 Å². The van der Waals surface area contributed by atoms with Crippen molar-refractivity contribution >= 4 is 5.69 Å². The predicted octanol–water partition coefficient (Wildman–Crippen LogP) is -0.440. The van der Waals surface area contributed by atoms with Gasteiger partial charge in [-0.05, 0) is 13.3 Å². The minimum atomic E-state index is 0. The van der Waals surface area contributed by atoms with Crippen molar-refractivity contribution in [3.05, 3.63) is 34.6 Å². The third-order valence-electron chi connectivity index (χ3n) is 1.90. The molecule has 11 heavy (non-hydrogen) atoms. The van der Waals surface area contributed by atoms with Crippen LogP contribution in [0.5, 0.6) is 0 Å². The van der Waals surface area contributed by atoms with Gasteiger partial charge in [0, 0.05) is 0 Å². The molecule has 1 heterocycles. The molecule has 0 fully saturated rings. The first-order valence-electron chi connectivity index (χ1n) is 3.63. The molecule has 0 aromatic heterocycles. The van der Waals surface area contributed by atoms with E-state index >= 15 is 0 Å². The quantitative estimate of drug-likeness (QED) is 0.560. The molecule has 2 rings (SSSR count). The molecular weight excluding hydrogens is 208 g/mol. The van der Waals surface area contributed by atoms with E-state index in [1.807, 2.05) is 0 Å². The summed E-state index contributed by atoms with van der Waals surface area (Å²) < 4.78 is 0. The number of fused-ring (bicyclic) bond motifs is 1. The number of hydrogen-bond donors (Lipinski definition) is 0. The van der Waals surface area contributed by atoms with E-state index in [-0.39, 0.29) is 58.2 Å². The SMILES string of the molecule is Cc1ccc2c(c1)[N-]CC2.[Rb+]. The maximum absolute atomic E-state index is 4.36. The van der Waals surface area contributed by atoms with E-state index in [1.165, 1.54) is 16.8 Å². The van der Waals surface area contributed by atoms with E-state index in [0.29, 0.717) is 0 Å². The Bertz CT molecular complexity index is 258. The standard InChI is InChI=1S/C9H10N.Rb/c1-7-2-3-8-4-5-10-9(8)6-7;/h2-3,6H,4-5H2,1H3;/q-1;+1. The molecule has 0 bridgehead atoms. The van der Waals surface area contributed by atoms with Crippen LogP contribution in [0.15, 0.2) is 18.2 Å². The largest absolute Gasteiger partial charge is 1.00 e. The van der Waals surface area contributed by atoms with Crippen LogP contribution in [-0.2, 0) is 6.42 Å². The summed E-state index contributed by atoms with van der Waals surface area (Å²) >= 11 is 0. The molecule has 1 aliphatic rings. The Morgan fingerprint density at radius 3 is 3.00 bits per heavy atom. The molecule has 0 saturated carbocycles.